The van der Waals surface area contributed by atoms with E-state index in [0.717, 1.165) is 23.3 Å². The van der Waals surface area contributed by atoms with Crippen LogP contribution >= 0.6 is 0 Å². The quantitative estimate of drug-likeness (QED) is 0.780. The molecule has 0 aliphatic carbocycles. The molecule has 5 heteroatoms. The van der Waals surface area contributed by atoms with Crippen molar-refractivity contribution < 1.29 is 14.3 Å². The Kier molecular flexibility index (Phi) is 3.20. The number of aromatic nitrogens is 2. The summed E-state index contributed by atoms with van der Waals surface area (Å²) in [5, 5.41) is 0. The van der Waals surface area contributed by atoms with Crippen molar-refractivity contribution in [2.24, 2.45) is 0 Å². The first-order valence-electron chi connectivity index (χ1n) is 5.97. The minimum absolute atomic E-state index is 0.123. The predicted molar refractivity (Wildman–Crippen MR) is 68.1 cm³/mol. The summed E-state index contributed by atoms with van der Waals surface area (Å²) in [5.74, 6) is 0.753. The molecule has 1 aliphatic rings. The molecule has 96 valence electrons. The van der Waals surface area contributed by atoms with E-state index in [1.54, 1.807) is 18.5 Å². The maximum Gasteiger partial charge on any atom is 0.168 e. The third-order valence-corrected chi connectivity index (χ3v) is 2.84. The maximum absolute atomic E-state index is 10.7. The van der Waals surface area contributed by atoms with E-state index in [2.05, 4.69) is 9.97 Å². The van der Waals surface area contributed by atoms with Crippen LogP contribution in [0.25, 0.3) is 11.3 Å². The van der Waals surface area contributed by atoms with Gasteiger partial charge in [-0.1, -0.05) is 0 Å². The van der Waals surface area contributed by atoms with Gasteiger partial charge in [-0.25, -0.2) is 0 Å². The first-order valence-corrected chi connectivity index (χ1v) is 5.97. The van der Waals surface area contributed by atoms with Crippen LogP contribution < -0.4 is 4.74 Å². The molecule has 0 atom stereocenters. The Balaban J connectivity index is 1.86. The zero-order valence-corrected chi connectivity index (χ0v) is 10.2. The lowest BCUT2D eigenvalue weighted by atomic mass is 10.1. The zero-order valence-electron chi connectivity index (χ0n) is 10.2. The van der Waals surface area contributed by atoms with Gasteiger partial charge in [0.15, 0.2) is 6.29 Å². The summed E-state index contributed by atoms with van der Waals surface area (Å²) in [4.78, 5) is 18.9. The summed E-state index contributed by atoms with van der Waals surface area (Å²) in [7, 11) is 0. The highest BCUT2D eigenvalue weighted by Gasteiger charge is 2.20. The van der Waals surface area contributed by atoms with E-state index in [9.17, 15) is 4.79 Å². The smallest absolute Gasteiger partial charge is 0.168 e. The molecular formula is C14H12N2O3. The Hall–Kier alpha value is -2.27. The lowest BCUT2D eigenvalue weighted by Gasteiger charge is -2.26. The molecule has 0 radical (unpaired) electrons. The highest BCUT2D eigenvalue weighted by Crippen LogP contribution is 2.23. The minimum Gasteiger partial charge on any atom is -0.485 e. The summed E-state index contributed by atoms with van der Waals surface area (Å²) in [5.41, 5.74) is 1.98. The van der Waals surface area contributed by atoms with Crippen molar-refractivity contribution >= 4 is 6.29 Å². The number of carbonyl (C=O) groups is 1. The molecule has 0 spiro atoms. The third-order valence-electron chi connectivity index (χ3n) is 2.84. The molecule has 2 aromatic rings. The summed E-state index contributed by atoms with van der Waals surface area (Å²) >= 11 is 0. The number of rotatable bonds is 4. The van der Waals surface area contributed by atoms with Gasteiger partial charge < -0.3 is 9.47 Å². The molecule has 0 unspecified atom stereocenters. The van der Waals surface area contributed by atoms with Crippen LogP contribution in [0.15, 0.2) is 36.7 Å². The predicted octanol–water partition coefficient (Wildman–Crippen LogP) is 1.73. The fraction of sp³-hybridized carbons (Fsp3) is 0.214. The van der Waals surface area contributed by atoms with Gasteiger partial charge in [0.2, 0.25) is 0 Å². The molecule has 0 amide bonds. The van der Waals surface area contributed by atoms with Crippen LogP contribution in [0.2, 0.25) is 0 Å². The van der Waals surface area contributed by atoms with E-state index in [1.807, 2.05) is 18.2 Å². The lowest BCUT2D eigenvalue weighted by molar-refractivity contribution is -0.0796. The second-order valence-corrected chi connectivity index (χ2v) is 4.24. The van der Waals surface area contributed by atoms with Gasteiger partial charge in [0.25, 0.3) is 0 Å². The van der Waals surface area contributed by atoms with E-state index >= 15 is 0 Å². The van der Waals surface area contributed by atoms with Gasteiger partial charge in [-0.15, -0.1) is 0 Å². The SMILES string of the molecule is O=Cc1cc(-c2cc(OC3COC3)ccn2)ccn1. The fourth-order valence-corrected chi connectivity index (χ4v) is 1.79. The van der Waals surface area contributed by atoms with Crippen LogP contribution in [0.4, 0.5) is 0 Å². The number of carbonyl (C=O) groups excluding carboxylic acids is 1. The molecule has 3 heterocycles. The average molecular weight is 256 g/mol. The van der Waals surface area contributed by atoms with Crippen LogP contribution in [0, 0.1) is 0 Å². The largest absolute Gasteiger partial charge is 0.485 e. The molecular weight excluding hydrogens is 244 g/mol. The van der Waals surface area contributed by atoms with Gasteiger partial charge in [0.1, 0.15) is 17.5 Å². The Labute approximate surface area is 110 Å². The van der Waals surface area contributed by atoms with Crippen LogP contribution in [0.1, 0.15) is 10.5 Å². The molecule has 0 aromatic carbocycles. The number of nitrogens with zero attached hydrogens (tertiary/aromatic N) is 2. The molecule has 0 bridgehead atoms. The highest BCUT2D eigenvalue weighted by molar-refractivity contribution is 5.75. The molecule has 0 saturated carbocycles. The van der Waals surface area contributed by atoms with E-state index in [1.165, 1.54) is 0 Å². The lowest BCUT2D eigenvalue weighted by Crippen LogP contribution is -2.38. The van der Waals surface area contributed by atoms with Gasteiger partial charge in [0, 0.05) is 24.0 Å². The maximum atomic E-state index is 10.7. The molecule has 0 N–H and O–H groups in total. The van der Waals surface area contributed by atoms with Crippen molar-refractivity contribution in [3.05, 3.63) is 42.4 Å². The molecule has 1 fully saturated rings. The molecule has 2 aromatic heterocycles. The van der Waals surface area contributed by atoms with Crippen molar-refractivity contribution in [2.75, 3.05) is 13.2 Å². The summed E-state index contributed by atoms with van der Waals surface area (Å²) < 4.78 is 10.8. The number of pyridine rings is 2. The monoisotopic (exact) mass is 256 g/mol. The van der Waals surface area contributed by atoms with Crippen molar-refractivity contribution in [2.45, 2.75) is 6.10 Å². The van der Waals surface area contributed by atoms with Gasteiger partial charge in [0.05, 0.1) is 18.9 Å². The normalized spacial score (nSPS) is 14.7. The Morgan fingerprint density at radius 1 is 1.21 bits per heavy atom. The van der Waals surface area contributed by atoms with Crippen molar-refractivity contribution in [3.63, 3.8) is 0 Å². The van der Waals surface area contributed by atoms with E-state index in [4.69, 9.17) is 9.47 Å². The first kappa shape index (κ1) is 11.8. The van der Waals surface area contributed by atoms with Crippen molar-refractivity contribution in [1.82, 2.24) is 9.97 Å². The zero-order chi connectivity index (χ0) is 13.1. The Bertz CT molecular complexity index is 597. The molecule has 1 aliphatic heterocycles. The summed E-state index contributed by atoms with van der Waals surface area (Å²) in [6.45, 7) is 1.25. The molecule has 19 heavy (non-hydrogen) atoms. The molecule has 5 nitrogen and oxygen atoms in total. The van der Waals surface area contributed by atoms with Gasteiger partial charge in [-0.2, -0.15) is 0 Å². The topological polar surface area (TPSA) is 61.3 Å². The molecule has 3 rings (SSSR count). The van der Waals surface area contributed by atoms with Gasteiger partial charge >= 0.3 is 0 Å². The van der Waals surface area contributed by atoms with Crippen LogP contribution in [0.3, 0.4) is 0 Å². The standard InChI is InChI=1S/C14H12N2O3/c17-7-11-5-10(1-3-15-11)14-6-12(2-4-16-14)19-13-8-18-9-13/h1-7,13H,8-9H2. The Morgan fingerprint density at radius 3 is 2.79 bits per heavy atom. The highest BCUT2D eigenvalue weighted by atomic mass is 16.6. The van der Waals surface area contributed by atoms with E-state index in [0.29, 0.717) is 18.9 Å². The Morgan fingerprint density at radius 2 is 2.05 bits per heavy atom. The number of hydrogen-bond acceptors (Lipinski definition) is 5. The minimum atomic E-state index is 0.123. The van der Waals surface area contributed by atoms with Crippen LogP contribution in [0.5, 0.6) is 5.75 Å². The van der Waals surface area contributed by atoms with E-state index in [-0.39, 0.29) is 6.10 Å². The fourth-order valence-electron chi connectivity index (χ4n) is 1.79. The van der Waals surface area contributed by atoms with Crippen LogP contribution in [-0.4, -0.2) is 35.6 Å². The van der Waals surface area contributed by atoms with E-state index < -0.39 is 0 Å². The second-order valence-electron chi connectivity index (χ2n) is 4.24. The third kappa shape index (κ3) is 2.61. The van der Waals surface area contributed by atoms with Crippen LogP contribution in [-0.2, 0) is 4.74 Å². The average Bonchev–Trinajstić information content (AvgIpc) is 2.43. The van der Waals surface area contributed by atoms with Gasteiger partial charge in [-0.3, -0.25) is 14.8 Å². The van der Waals surface area contributed by atoms with Crippen molar-refractivity contribution in [1.29, 1.82) is 0 Å². The van der Waals surface area contributed by atoms with Crippen molar-refractivity contribution in [3.8, 4) is 17.0 Å². The summed E-state index contributed by atoms with van der Waals surface area (Å²) in [6.07, 6.45) is 4.12. The first-order chi connectivity index (χ1) is 9.35. The molecule has 1 saturated heterocycles. The number of ether oxygens (including phenoxy) is 2. The summed E-state index contributed by atoms with van der Waals surface area (Å²) in [6, 6.07) is 7.17. The van der Waals surface area contributed by atoms with Gasteiger partial charge in [-0.05, 0) is 18.2 Å². The second kappa shape index (κ2) is 5.16. The number of hydrogen-bond donors (Lipinski definition) is 0. The number of aldehydes is 1.